The fraction of sp³-hybridized carbons (Fsp3) is 0. The zero-order chi connectivity index (χ0) is 7.72. The summed E-state index contributed by atoms with van der Waals surface area (Å²) in [4.78, 5) is 0. The maximum atomic E-state index is 9.12. The molecule has 0 aliphatic rings. The van der Waals surface area contributed by atoms with E-state index in [1.807, 2.05) is 0 Å². The summed E-state index contributed by atoms with van der Waals surface area (Å²) in [5, 5.41) is 9.86. The molecular formula is C6H3BrCl2O. The molecule has 0 radical (unpaired) electrons. The molecule has 1 nitrogen and oxygen atoms in total. The summed E-state index contributed by atoms with van der Waals surface area (Å²) in [6.07, 6.45) is 0. The van der Waals surface area contributed by atoms with E-state index in [4.69, 9.17) is 28.3 Å². The SMILES string of the molecule is Oc1c(Cl)ccc(Cl)c1Br. The number of aromatic hydroxyl groups is 1. The summed E-state index contributed by atoms with van der Waals surface area (Å²) < 4.78 is 0.432. The van der Waals surface area contributed by atoms with E-state index in [1.165, 1.54) is 6.07 Å². The first-order valence-corrected chi connectivity index (χ1v) is 4.00. The highest BCUT2D eigenvalue weighted by Gasteiger charge is 2.05. The van der Waals surface area contributed by atoms with Crippen LogP contribution in [0.4, 0.5) is 0 Å². The Morgan fingerprint density at radius 1 is 1.20 bits per heavy atom. The molecule has 0 amide bonds. The molecule has 10 heavy (non-hydrogen) atoms. The van der Waals surface area contributed by atoms with E-state index in [-0.39, 0.29) is 10.8 Å². The zero-order valence-electron chi connectivity index (χ0n) is 4.74. The predicted octanol–water partition coefficient (Wildman–Crippen LogP) is 3.46. The van der Waals surface area contributed by atoms with Gasteiger partial charge in [-0.15, -0.1) is 0 Å². The second-order valence-corrected chi connectivity index (χ2v) is 3.30. The normalized spacial score (nSPS) is 9.90. The van der Waals surface area contributed by atoms with E-state index in [1.54, 1.807) is 6.07 Å². The summed E-state index contributed by atoms with van der Waals surface area (Å²) in [6, 6.07) is 3.14. The van der Waals surface area contributed by atoms with Crippen LogP contribution in [0.3, 0.4) is 0 Å². The van der Waals surface area contributed by atoms with Gasteiger partial charge < -0.3 is 5.11 Å². The monoisotopic (exact) mass is 240 g/mol. The van der Waals surface area contributed by atoms with Crippen molar-refractivity contribution >= 4 is 39.1 Å². The highest BCUT2D eigenvalue weighted by atomic mass is 79.9. The number of benzene rings is 1. The number of rotatable bonds is 0. The minimum absolute atomic E-state index is 0.0193. The number of halogens is 3. The number of phenols is 1. The van der Waals surface area contributed by atoms with E-state index in [9.17, 15) is 0 Å². The maximum absolute atomic E-state index is 9.12. The first-order chi connectivity index (χ1) is 4.63. The Hall–Kier alpha value is 0.0800. The molecule has 1 rings (SSSR count). The van der Waals surface area contributed by atoms with Crippen LogP contribution in [0.15, 0.2) is 16.6 Å². The highest BCUT2D eigenvalue weighted by molar-refractivity contribution is 9.10. The van der Waals surface area contributed by atoms with Crippen LogP contribution in [0.5, 0.6) is 5.75 Å². The third kappa shape index (κ3) is 1.39. The molecule has 1 aromatic carbocycles. The molecular weight excluding hydrogens is 239 g/mol. The molecule has 0 aromatic heterocycles. The van der Waals surface area contributed by atoms with E-state index < -0.39 is 0 Å². The van der Waals surface area contributed by atoms with Gasteiger partial charge in [-0.05, 0) is 28.1 Å². The van der Waals surface area contributed by atoms with Gasteiger partial charge in [0.2, 0.25) is 0 Å². The average molecular weight is 242 g/mol. The summed E-state index contributed by atoms with van der Waals surface area (Å²) in [6.45, 7) is 0. The third-order valence-electron chi connectivity index (χ3n) is 1.02. The minimum atomic E-state index is -0.0193. The molecule has 0 saturated carbocycles. The van der Waals surface area contributed by atoms with Crippen LogP contribution < -0.4 is 0 Å². The first-order valence-electron chi connectivity index (χ1n) is 2.45. The van der Waals surface area contributed by atoms with Gasteiger partial charge in [-0.3, -0.25) is 0 Å². The lowest BCUT2D eigenvalue weighted by Crippen LogP contribution is -1.72. The quantitative estimate of drug-likeness (QED) is 0.690. The van der Waals surface area contributed by atoms with Gasteiger partial charge in [-0.1, -0.05) is 23.2 Å². The largest absolute Gasteiger partial charge is 0.505 e. The van der Waals surface area contributed by atoms with Crippen LogP contribution in [0.1, 0.15) is 0 Å². The van der Waals surface area contributed by atoms with E-state index >= 15 is 0 Å². The Kier molecular flexibility index (Phi) is 2.45. The van der Waals surface area contributed by atoms with Crippen molar-refractivity contribution in [2.45, 2.75) is 0 Å². The number of hydrogen-bond acceptors (Lipinski definition) is 1. The Morgan fingerprint density at radius 3 is 2.20 bits per heavy atom. The van der Waals surface area contributed by atoms with Crippen molar-refractivity contribution in [3.8, 4) is 5.75 Å². The molecule has 0 bridgehead atoms. The van der Waals surface area contributed by atoms with Gasteiger partial charge in [-0.2, -0.15) is 0 Å². The van der Waals surface area contributed by atoms with Crippen LogP contribution in [0.2, 0.25) is 10.0 Å². The van der Waals surface area contributed by atoms with Gasteiger partial charge in [0.05, 0.1) is 14.5 Å². The van der Waals surface area contributed by atoms with Crippen molar-refractivity contribution in [1.82, 2.24) is 0 Å². The Morgan fingerprint density at radius 2 is 1.70 bits per heavy atom. The molecule has 1 aromatic rings. The van der Waals surface area contributed by atoms with Crippen molar-refractivity contribution in [1.29, 1.82) is 0 Å². The number of phenolic OH excluding ortho intramolecular Hbond substituents is 1. The van der Waals surface area contributed by atoms with Crippen LogP contribution >= 0.6 is 39.1 Å². The molecule has 0 fully saturated rings. The van der Waals surface area contributed by atoms with Gasteiger partial charge in [0.1, 0.15) is 5.75 Å². The molecule has 0 spiro atoms. The predicted molar refractivity (Wildman–Crippen MR) is 45.8 cm³/mol. The van der Waals surface area contributed by atoms with Gasteiger partial charge in [0, 0.05) is 0 Å². The van der Waals surface area contributed by atoms with Crippen molar-refractivity contribution in [3.63, 3.8) is 0 Å². The van der Waals surface area contributed by atoms with E-state index in [2.05, 4.69) is 15.9 Å². The van der Waals surface area contributed by atoms with Crippen molar-refractivity contribution in [2.75, 3.05) is 0 Å². The van der Waals surface area contributed by atoms with E-state index in [0.29, 0.717) is 9.50 Å². The van der Waals surface area contributed by atoms with Crippen LogP contribution in [0, 0.1) is 0 Å². The van der Waals surface area contributed by atoms with Crippen LogP contribution in [-0.2, 0) is 0 Å². The smallest absolute Gasteiger partial charge is 0.149 e. The molecule has 0 aliphatic carbocycles. The summed E-state index contributed by atoms with van der Waals surface area (Å²) in [5.74, 6) is -0.0193. The van der Waals surface area contributed by atoms with Gasteiger partial charge in [0.25, 0.3) is 0 Å². The summed E-state index contributed by atoms with van der Waals surface area (Å²) in [5.41, 5.74) is 0. The average Bonchev–Trinajstić information content (AvgIpc) is 1.93. The molecule has 4 heteroatoms. The van der Waals surface area contributed by atoms with Crippen LogP contribution in [-0.4, -0.2) is 5.11 Å². The lowest BCUT2D eigenvalue weighted by molar-refractivity contribution is 0.472. The van der Waals surface area contributed by atoms with Crippen molar-refractivity contribution in [3.05, 3.63) is 26.7 Å². The molecule has 1 N–H and O–H groups in total. The van der Waals surface area contributed by atoms with Gasteiger partial charge >= 0.3 is 0 Å². The van der Waals surface area contributed by atoms with Gasteiger partial charge in [-0.25, -0.2) is 0 Å². The Labute approximate surface area is 76.7 Å². The van der Waals surface area contributed by atoms with Crippen molar-refractivity contribution in [2.24, 2.45) is 0 Å². The molecule has 0 saturated heterocycles. The zero-order valence-corrected chi connectivity index (χ0v) is 7.83. The summed E-state index contributed by atoms with van der Waals surface area (Å²) in [7, 11) is 0. The lowest BCUT2D eigenvalue weighted by Gasteiger charge is -1.99. The third-order valence-corrected chi connectivity index (χ3v) is 2.67. The lowest BCUT2D eigenvalue weighted by atomic mass is 10.3. The fourth-order valence-corrected chi connectivity index (χ4v) is 1.29. The first kappa shape index (κ1) is 8.18. The summed E-state index contributed by atoms with van der Waals surface area (Å²) >= 11 is 14.2. The van der Waals surface area contributed by atoms with Gasteiger partial charge in [0.15, 0.2) is 0 Å². The molecule has 0 unspecified atom stereocenters. The van der Waals surface area contributed by atoms with Crippen LogP contribution in [0.25, 0.3) is 0 Å². The minimum Gasteiger partial charge on any atom is -0.505 e. The fourth-order valence-electron chi connectivity index (χ4n) is 0.516. The van der Waals surface area contributed by atoms with Crippen molar-refractivity contribution < 1.29 is 5.11 Å². The number of hydrogen-bond donors (Lipinski definition) is 1. The molecule has 54 valence electrons. The standard InChI is InChI=1S/C6H3BrCl2O/c7-5-3(8)1-2-4(9)6(5)10/h1-2,10H. The second kappa shape index (κ2) is 2.99. The molecule has 0 heterocycles. The molecule has 0 atom stereocenters. The van der Waals surface area contributed by atoms with E-state index in [0.717, 1.165) is 0 Å². The Bertz CT molecular complexity index is 235. The highest BCUT2D eigenvalue weighted by Crippen LogP contribution is 2.36. The topological polar surface area (TPSA) is 20.2 Å². The molecule has 0 aliphatic heterocycles. The Balaban J connectivity index is 3.34. The second-order valence-electron chi connectivity index (χ2n) is 1.69. The maximum Gasteiger partial charge on any atom is 0.149 e.